The summed E-state index contributed by atoms with van der Waals surface area (Å²) in [7, 11) is 0. The molecule has 1 amide bonds. The van der Waals surface area contributed by atoms with Crippen LogP contribution in [0.4, 0.5) is 0 Å². The van der Waals surface area contributed by atoms with Crippen molar-refractivity contribution in [2.75, 3.05) is 32.7 Å². The molecule has 25 heavy (non-hydrogen) atoms. The van der Waals surface area contributed by atoms with E-state index in [1.54, 1.807) is 35.4 Å². The summed E-state index contributed by atoms with van der Waals surface area (Å²) < 4.78 is 7.20. The van der Waals surface area contributed by atoms with Crippen LogP contribution in [0.2, 0.25) is 0 Å². The molecule has 0 N–H and O–H groups in total. The average Bonchev–Trinajstić information content (AvgIpc) is 3.10. The first-order valence-electron chi connectivity index (χ1n) is 8.36. The van der Waals surface area contributed by atoms with Crippen LogP contribution in [0.25, 0.3) is 0 Å². The monoisotopic (exact) mass is 339 g/mol. The second-order valence-corrected chi connectivity index (χ2v) is 6.02. The maximum absolute atomic E-state index is 12.6. The smallest absolute Gasteiger partial charge is 0.289 e. The summed E-state index contributed by atoms with van der Waals surface area (Å²) in [4.78, 5) is 28.4. The van der Waals surface area contributed by atoms with Gasteiger partial charge in [-0.05, 0) is 18.2 Å². The Bertz CT molecular complexity index is 823. The second-order valence-electron chi connectivity index (χ2n) is 6.02. The highest BCUT2D eigenvalue weighted by atomic mass is 16.4. The van der Waals surface area contributed by atoms with Gasteiger partial charge in [-0.15, -0.1) is 12.3 Å². The second kappa shape index (κ2) is 7.86. The molecule has 0 atom stereocenters. The number of furan rings is 1. The zero-order valence-electron chi connectivity index (χ0n) is 14.1. The minimum absolute atomic E-state index is 0.102. The summed E-state index contributed by atoms with van der Waals surface area (Å²) in [5.74, 6) is 3.44. The van der Waals surface area contributed by atoms with E-state index >= 15 is 0 Å². The predicted octanol–water partition coefficient (Wildman–Crippen LogP) is 1.27. The van der Waals surface area contributed by atoms with E-state index in [0.717, 1.165) is 26.1 Å². The van der Waals surface area contributed by atoms with Crippen molar-refractivity contribution in [2.45, 2.75) is 13.0 Å². The molecular weight excluding hydrogens is 318 g/mol. The third kappa shape index (κ3) is 4.20. The van der Waals surface area contributed by atoms with Gasteiger partial charge in [-0.3, -0.25) is 14.5 Å². The summed E-state index contributed by atoms with van der Waals surface area (Å²) in [6.07, 6.45) is 7.72. The number of hydrogen-bond donors (Lipinski definition) is 0. The van der Waals surface area contributed by atoms with Gasteiger partial charge in [-0.1, -0.05) is 6.07 Å². The lowest BCUT2D eigenvalue weighted by atomic mass is 10.2. The maximum atomic E-state index is 12.6. The fraction of sp³-hybridized carbons (Fsp3) is 0.368. The molecule has 3 heterocycles. The maximum Gasteiger partial charge on any atom is 0.289 e. The van der Waals surface area contributed by atoms with Crippen molar-refractivity contribution in [2.24, 2.45) is 0 Å². The highest BCUT2D eigenvalue weighted by Gasteiger charge is 2.24. The third-order valence-electron chi connectivity index (χ3n) is 4.33. The number of terminal acetylenes is 1. The molecule has 1 aliphatic heterocycles. The normalized spacial score (nSPS) is 15.1. The highest BCUT2D eigenvalue weighted by Crippen LogP contribution is 2.13. The minimum Gasteiger partial charge on any atom is -0.454 e. The van der Waals surface area contributed by atoms with Crippen LogP contribution in [0.3, 0.4) is 0 Å². The molecular formula is C19H21N3O3. The first-order chi connectivity index (χ1) is 12.2. The van der Waals surface area contributed by atoms with Crippen molar-refractivity contribution in [1.82, 2.24) is 14.4 Å². The van der Waals surface area contributed by atoms with Gasteiger partial charge in [0.25, 0.3) is 11.5 Å². The summed E-state index contributed by atoms with van der Waals surface area (Å²) in [6.45, 7) is 4.15. The molecule has 0 saturated carbocycles. The van der Waals surface area contributed by atoms with Gasteiger partial charge in [0.2, 0.25) is 0 Å². The van der Waals surface area contributed by atoms with Crippen LogP contribution in [0.1, 0.15) is 22.7 Å². The Morgan fingerprint density at radius 3 is 2.68 bits per heavy atom. The molecule has 0 radical (unpaired) electrons. The molecule has 1 fully saturated rings. The third-order valence-corrected chi connectivity index (χ3v) is 4.33. The van der Waals surface area contributed by atoms with Gasteiger partial charge in [0.1, 0.15) is 5.76 Å². The Balaban J connectivity index is 1.59. The largest absolute Gasteiger partial charge is 0.454 e. The Hall–Kier alpha value is -2.78. The molecule has 2 aromatic heterocycles. The van der Waals surface area contributed by atoms with Gasteiger partial charge in [0.15, 0.2) is 5.76 Å². The molecule has 1 saturated heterocycles. The lowest BCUT2D eigenvalue weighted by Gasteiger charge is -2.33. The number of carbonyl (C=O) groups is 1. The van der Waals surface area contributed by atoms with E-state index in [1.807, 2.05) is 0 Å². The number of carbonyl (C=O) groups excluding carboxylic acids is 1. The van der Waals surface area contributed by atoms with Crippen molar-refractivity contribution >= 4 is 5.91 Å². The van der Waals surface area contributed by atoms with Crippen LogP contribution < -0.4 is 5.56 Å². The van der Waals surface area contributed by atoms with E-state index < -0.39 is 0 Å². The van der Waals surface area contributed by atoms with Crippen molar-refractivity contribution in [1.29, 1.82) is 0 Å². The average molecular weight is 339 g/mol. The van der Waals surface area contributed by atoms with Crippen molar-refractivity contribution in [3.05, 3.63) is 58.4 Å². The number of pyridine rings is 1. The lowest BCUT2D eigenvalue weighted by molar-refractivity contribution is 0.0607. The van der Waals surface area contributed by atoms with Crippen LogP contribution in [0.15, 0.2) is 45.7 Å². The summed E-state index contributed by atoms with van der Waals surface area (Å²) >= 11 is 0. The Labute approximate surface area is 146 Å². The van der Waals surface area contributed by atoms with Gasteiger partial charge in [-0.25, -0.2) is 0 Å². The van der Waals surface area contributed by atoms with Crippen LogP contribution >= 0.6 is 0 Å². The summed E-state index contributed by atoms with van der Waals surface area (Å²) in [5, 5.41) is 0. The van der Waals surface area contributed by atoms with E-state index in [1.165, 1.54) is 10.6 Å². The van der Waals surface area contributed by atoms with E-state index in [2.05, 4.69) is 10.8 Å². The number of nitrogens with zero attached hydrogens (tertiary/aromatic N) is 3. The Morgan fingerprint density at radius 1 is 1.16 bits per heavy atom. The van der Waals surface area contributed by atoms with Gasteiger partial charge in [0.05, 0.1) is 6.54 Å². The van der Waals surface area contributed by atoms with Gasteiger partial charge >= 0.3 is 0 Å². The van der Waals surface area contributed by atoms with Gasteiger partial charge in [-0.2, -0.15) is 0 Å². The van der Waals surface area contributed by atoms with E-state index in [0.29, 0.717) is 31.2 Å². The first-order valence-corrected chi connectivity index (χ1v) is 8.36. The van der Waals surface area contributed by atoms with Crippen LogP contribution in [0.5, 0.6) is 0 Å². The molecule has 0 spiro atoms. The van der Waals surface area contributed by atoms with Crippen molar-refractivity contribution < 1.29 is 9.21 Å². The number of hydrogen-bond acceptors (Lipinski definition) is 4. The quantitative estimate of drug-likeness (QED) is 0.770. The zero-order valence-corrected chi connectivity index (χ0v) is 14.1. The van der Waals surface area contributed by atoms with Crippen LogP contribution in [-0.4, -0.2) is 53.0 Å². The molecule has 6 nitrogen and oxygen atoms in total. The van der Waals surface area contributed by atoms with E-state index in [9.17, 15) is 9.59 Å². The molecule has 0 unspecified atom stereocenters. The molecule has 130 valence electrons. The van der Waals surface area contributed by atoms with E-state index in [4.69, 9.17) is 10.8 Å². The zero-order chi connectivity index (χ0) is 17.6. The molecule has 0 aromatic carbocycles. The predicted molar refractivity (Wildman–Crippen MR) is 94.3 cm³/mol. The number of amides is 1. The molecule has 0 aliphatic carbocycles. The SMILES string of the molecule is C#CCCN1CCN(C(=O)c2ccc(Cn3ccccc3=O)o2)CC1. The van der Waals surface area contributed by atoms with E-state index in [-0.39, 0.29) is 11.5 Å². The molecule has 1 aliphatic rings. The van der Waals surface area contributed by atoms with Crippen LogP contribution in [-0.2, 0) is 6.54 Å². The Morgan fingerprint density at radius 2 is 1.96 bits per heavy atom. The van der Waals surface area contributed by atoms with Gasteiger partial charge in [0, 0.05) is 51.4 Å². The summed E-state index contributed by atoms with van der Waals surface area (Å²) in [6, 6.07) is 8.40. The molecule has 6 heteroatoms. The molecule has 2 aromatic rings. The van der Waals surface area contributed by atoms with Crippen LogP contribution in [0, 0.1) is 12.3 Å². The number of rotatable bonds is 5. The lowest BCUT2D eigenvalue weighted by Crippen LogP contribution is -2.48. The van der Waals surface area contributed by atoms with Crippen molar-refractivity contribution in [3.8, 4) is 12.3 Å². The topological polar surface area (TPSA) is 58.7 Å². The fourth-order valence-electron chi connectivity index (χ4n) is 2.89. The number of aromatic nitrogens is 1. The first kappa shape index (κ1) is 17.1. The summed E-state index contributed by atoms with van der Waals surface area (Å²) in [5.41, 5.74) is -0.102. The minimum atomic E-state index is -0.108. The van der Waals surface area contributed by atoms with Crippen molar-refractivity contribution in [3.63, 3.8) is 0 Å². The molecule has 0 bridgehead atoms. The van der Waals surface area contributed by atoms with Gasteiger partial charge < -0.3 is 13.9 Å². The highest BCUT2D eigenvalue weighted by molar-refractivity contribution is 5.91. The Kier molecular flexibility index (Phi) is 5.36. The standard InChI is InChI=1S/C19H21N3O3/c1-2-3-9-20-11-13-21(14-12-20)19(24)17-8-7-16(25-17)15-22-10-5-4-6-18(22)23/h1,4-8,10H,3,9,11-15H2. The number of piperazine rings is 1. The molecule has 3 rings (SSSR count). The fourth-order valence-corrected chi connectivity index (χ4v) is 2.89.